The number of carbonyl (C=O) groups excluding carboxylic acids is 1. The van der Waals surface area contributed by atoms with Crippen LogP contribution < -0.4 is 10.1 Å². The Kier molecular flexibility index (Phi) is 5.18. The lowest BCUT2D eigenvalue weighted by Gasteiger charge is -2.27. The third-order valence-electron chi connectivity index (χ3n) is 4.61. The van der Waals surface area contributed by atoms with E-state index < -0.39 is 12.0 Å². The second-order valence-corrected chi connectivity index (χ2v) is 6.93. The first-order chi connectivity index (χ1) is 14.1. The van der Waals surface area contributed by atoms with Gasteiger partial charge in [0.1, 0.15) is 18.4 Å². The number of fused-ring (bicyclic) bond motifs is 1. The third kappa shape index (κ3) is 3.79. The predicted molar refractivity (Wildman–Crippen MR) is 107 cm³/mol. The molecule has 9 heteroatoms. The fourth-order valence-electron chi connectivity index (χ4n) is 3.22. The van der Waals surface area contributed by atoms with Gasteiger partial charge in [-0.3, -0.25) is 0 Å². The van der Waals surface area contributed by atoms with E-state index in [9.17, 15) is 4.79 Å². The maximum absolute atomic E-state index is 12.5. The van der Waals surface area contributed by atoms with Gasteiger partial charge in [-0.05, 0) is 52.7 Å². The lowest BCUT2D eigenvalue weighted by Crippen LogP contribution is -2.29. The highest BCUT2D eigenvalue weighted by Gasteiger charge is 2.34. The average Bonchev–Trinajstić information content (AvgIpc) is 3.20. The van der Waals surface area contributed by atoms with Crippen molar-refractivity contribution in [2.45, 2.75) is 19.6 Å². The van der Waals surface area contributed by atoms with Crippen LogP contribution in [0.5, 0.6) is 5.75 Å². The summed E-state index contributed by atoms with van der Waals surface area (Å²) in [4.78, 5) is 12.5. The van der Waals surface area contributed by atoms with E-state index in [1.807, 2.05) is 48.5 Å². The van der Waals surface area contributed by atoms with Gasteiger partial charge in [-0.1, -0.05) is 41.0 Å². The van der Waals surface area contributed by atoms with Crippen LogP contribution in [-0.4, -0.2) is 33.3 Å². The molecule has 2 heterocycles. The molecule has 4 rings (SSSR count). The van der Waals surface area contributed by atoms with Crippen LogP contribution in [0.3, 0.4) is 0 Å². The minimum Gasteiger partial charge on any atom is -0.489 e. The summed E-state index contributed by atoms with van der Waals surface area (Å²) >= 11 is 5.92. The maximum Gasteiger partial charge on any atom is 0.338 e. The number of aromatic nitrogens is 4. The number of methoxy groups -OCH3 is 1. The summed E-state index contributed by atoms with van der Waals surface area (Å²) in [6.45, 7) is 2.18. The Morgan fingerprint density at radius 1 is 1.24 bits per heavy atom. The number of carbonyl (C=O) groups is 1. The molecule has 1 aliphatic rings. The van der Waals surface area contributed by atoms with Crippen LogP contribution in [0.25, 0.3) is 0 Å². The van der Waals surface area contributed by atoms with Crippen molar-refractivity contribution in [1.29, 1.82) is 0 Å². The molecule has 0 radical (unpaired) electrons. The van der Waals surface area contributed by atoms with E-state index in [0.29, 0.717) is 34.6 Å². The molecule has 1 N–H and O–H groups in total. The zero-order valence-electron chi connectivity index (χ0n) is 15.8. The van der Waals surface area contributed by atoms with Gasteiger partial charge in [0.15, 0.2) is 0 Å². The van der Waals surface area contributed by atoms with Crippen LogP contribution in [0, 0.1) is 0 Å². The molecule has 1 atom stereocenters. The first-order valence-electron chi connectivity index (χ1n) is 8.88. The largest absolute Gasteiger partial charge is 0.489 e. The number of allylic oxidation sites excluding steroid dienone is 1. The van der Waals surface area contributed by atoms with Crippen molar-refractivity contribution in [3.8, 4) is 5.75 Å². The Bertz CT molecular complexity index is 1080. The van der Waals surface area contributed by atoms with Crippen molar-refractivity contribution in [1.82, 2.24) is 20.2 Å². The lowest BCUT2D eigenvalue weighted by atomic mass is 9.95. The molecule has 1 aromatic heterocycles. The van der Waals surface area contributed by atoms with Crippen molar-refractivity contribution in [3.05, 3.63) is 76.0 Å². The number of anilines is 1. The Morgan fingerprint density at radius 3 is 2.79 bits per heavy atom. The van der Waals surface area contributed by atoms with Gasteiger partial charge in [0.25, 0.3) is 0 Å². The molecule has 1 aliphatic heterocycles. The highest BCUT2D eigenvalue weighted by atomic mass is 35.5. The highest BCUT2D eigenvalue weighted by Crippen LogP contribution is 2.36. The molecule has 0 aliphatic carbocycles. The van der Waals surface area contributed by atoms with Gasteiger partial charge in [-0.25, -0.2) is 4.79 Å². The van der Waals surface area contributed by atoms with Crippen LogP contribution >= 0.6 is 11.6 Å². The van der Waals surface area contributed by atoms with Gasteiger partial charge in [0, 0.05) is 10.7 Å². The molecule has 3 aromatic rings. The zero-order chi connectivity index (χ0) is 20.4. The monoisotopic (exact) mass is 411 g/mol. The standard InChI is InChI=1S/C20H18ClN5O3/c1-12-17(19(27)28-2)18(26-20(22-12)23-24-25-26)14-4-3-5-16(10-14)29-11-13-6-8-15(21)9-7-13/h3-10,18H,11H2,1-2H3,(H,22,23,25). The number of halogens is 1. The topological polar surface area (TPSA) is 91.2 Å². The minimum atomic E-state index is -0.534. The van der Waals surface area contributed by atoms with Crippen molar-refractivity contribution in [2.75, 3.05) is 12.4 Å². The highest BCUT2D eigenvalue weighted by molar-refractivity contribution is 6.30. The van der Waals surface area contributed by atoms with Crippen LogP contribution in [0.1, 0.15) is 24.1 Å². The first-order valence-corrected chi connectivity index (χ1v) is 9.26. The summed E-state index contributed by atoms with van der Waals surface area (Å²) in [5, 5.41) is 15.4. The van der Waals surface area contributed by atoms with Crippen LogP contribution in [0.15, 0.2) is 59.8 Å². The van der Waals surface area contributed by atoms with Crippen LogP contribution in [-0.2, 0) is 16.1 Å². The summed E-state index contributed by atoms with van der Waals surface area (Å²) < 4.78 is 12.5. The lowest BCUT2D eigenvalue weighted by molar-refractivity contribution is -0.136. The fraction of sp³-hybridized carbons (Fsp3) is 0.200. The molecule has 1 unspecified atom stereocenters. The number of benzene rings is 2. The van der Waals surface area contributed by atoms with E-state index in [4.69, 9.17) is 21.1 Å². The third-order valence-corrected chi connectivity index (χ3v) is 4.86. The Labute approximate surface area is 172 Å². The zero-order valence-corrected chi connectivity index (χ0v) is 16.6. The van der Waals surface area contributed by atoms with Crippen molar-refractivity contribution < 1.29 is 14.3 Å². The van der Waals surface area contributed by atoms with Gasteiger partial charge >= 0.3 is 5.97 Å². The van der Waals surface area contributed by atoms with Gasteiger partial charge in [0.2, 0.25) is 5.95 Å². The van der Waals surface area contributed by atoms with Gasteiger partial charge in [0.05, 0.1) is 12.7 Å². The van der Waals surface area contributed by atoms with E-state index in [1.165, 1.54) is 7.11 Å². The Morgan fingerprint density at radius 2 is 2.03 bits per heavy atom. The number of nitrogens with zero attached hydrogens (tertiary/aromatic N) is 4. The first kappa shape index (κ1) is 18.9. The molecular weight excluding hydrogens is 394 g/mol. The normalized spacial score (nSPS) is 15.5. The van der Waals surface area contributed by atoms with E-state index in [-0.39, 0.29) is 0 Å². The van der Waals surface area contributed by atoms with Gasteiger partial charge in [-0.15, -0.1) is 0 Å². The molecule has 8 nitrogen and oxygen atoms in total. The van der Waals surface area contributed by atoms with Crippen molar-refractivity contribution >= 4 is 23.5 Å². The Hall–Kier alpha value is -3.39. The average molecular weight is 412 g/mol. The summed E-state index contributed by atoms with van der Waals surface area (Å²) in [5.74, 6) is 0.661. The summed E-state index contributed by atoms with van der Waals surface area (Å²) in [7, 11) is 1.35. The Balaban J connectivity index is 1.65. The van der Waals surface area contributed by atoms with E-state index in [1.54, 1.807) is 11.6 Å². The summed E-state index contributed by atoms with van der Waals surface area (Å²) in [6.07, 6.45) is 0. The number of hydrogen-bond donors (Lipinski definition) is 1. The number of hydrogen-bond acceptors (Lipinski definition) is 7. The second-order valence-electron chi connectivity index (χ2n) is 6.49. The van der Waals surface area contributed by atoms with Gasteiger partial charge in [-0.2, -0.15) is 4.68 Å². The molecule has 0 spiro atoms. The number of nitrogens with one attached hydrogen (secondary N) is 1. The second kappa shape index (κ2) is 7.92. The van der Waals surface area contributed by atoms with E-state index in [0.717, 1.165) is 11.1 Å². The predicted octanol–water partition coefficient (Wildman–Crippen LogP) is 3.37. The maximum atomic E-state index is 12.5. The van der Waals surface area contributed by atoms with Crippen molar-refractivity contribution in [3.63, 3.8) is 0 Å². The molecular formula is C20H18ClN5O3. The number of esters is 1. The molecule has 29 heavy (non-hydrogen) atoms. The molecule has 148 valence electrons. The number of rotatable bonds is 5. The molecule has 0 fully saturated rings. The molecule has 0 amide bonds. The smallest absolute Gasteiger partial charge is 0.338 e. The quantitative estimate of drug-likeness (QED) is 0.643. The minimum absolute atomic E-state index is 0.391. The van der Waals surface area contributed by atoms with Crippen LogP contribution in [0.2, 0.25) is 5.02 Å². The molecule has 0 saturated heterocycles. The van der Waals surface area contributed by atoms with Crippen LogP contribution in [0.4, 0.5) is 5.95 Å². The molecule has 0 saturated carbocycles. The molecule has 2 aromatic carbocycles. The van der Waals surface area contributed by atoms with Crippen molar-refractivity contribution in [2.24, 2.45) is 0 Å². The number of tetrazole rings is 1. The summed E-state index contributed by atoms with van der Waals surface area (Å²) in [5.41, 5.74) is 2.86. The number of ether oxygens (including phenoxy) is 2. The molecule has 0 bridgehead atoms. The van der Waals surface area contributed by atoms with Gasteiger partial charge < -0.3 is 14.8 Å². The summed E-state index contributed by atoms with van der Waals surface area (Å²) in [6, 6.07) is 14.4. The van der Waals surface area contributed by atoms with E-state index >= 15 is 0 Å². The fourth-order valence-corrected chi connectivity index (χ4v) is 3.34. The van der Waals surface area contributed by atoms with E-state index in [2.05, 4.69) is 20.8 Å². The SMILES string of the molecule is COC(=O)C1=C(C)Nc2nnnn2C1c1cccc(OCc2ccc(Cl)cc2)c1.